The van der Waals surface area contributed by atoms with E-state index in [2.05, 4.69) is 10.6 Å². The molecule has 2 aliphatic rings. The van der Waals surface area contributed by atoms with Crippen molar-refractivity contribution >= 4 is 17.2 Å². The number of rotatable bonds is 7. The average Bonchev–Trinajstić information content (AvgIpc) is 3.09. The topological polar surface area (TPSA) is 78.1 Å². The molecule has 0 saturated carbocycles. The molecule has 0 amide bonds. The second-order valence-electron chi connectivity index (χ2n) is 9.09. The Kier molecular flexibility index (Phi) is 6.95. The van der Waals surface area contributed by atoms with E-state index in [0.717, 1.165) is 39.7 Å². The first-order chi connectivity index (χ1) is 18.1. The highest BCUT2D eigenvalue weighted by molar-refractivity contribution is 6.01. The summed E-state index contributed by atoms with van der Waals surface area (Å²) < 4.78 is 22.8. The zero-order valence-corrected chi connectivity index (χ0v) is 21.6. The van der Waals surface area contributed by atoms with Crippen LogP contribution in [0.5, 0.6) is 23.0 Å². The first kappa shape index (κ1) is 24.6. The van der Waals surface area contributed by atoms with Crippen molar-refractivity contribution < 1.29 is 23.7 Å². The quantitative estimate of drug-likeness (QED) is 0.406. The third-order valence-electron chi connectivity index (χ3n) is 7.01. The molecule has 0 bridgehead atoms. The molecule has 0 aromatic heterocycles. The lowest BCUT2D eigenvalue weighted by atomic mass is 9.78. The monoisotopic (exact) mass is 500 g/mol. The van der Waals surface area contributed by atoms with Gasteiger partial charge in [0.2, 0.25) is 0 Å². The van der Waals surface area contributed by atoms with Gasteiger partial charge in [0.15, 0.2) is 17.3 Å². The molecular formula is C30H32N2O5. The number of allylic oxidation sites excluding steroid dienone is 1. The molecule has 37 heavy (non-hydrogen) atoms. The number of anilines is 2. The Morgan fingerprint density at radius 2 is 1.62 bits per heavy atom. The van der Waals surface area contributed by atoms with E-state index in [1.165, 1.54) is 0 Å². The minimum absolute atomic E-state index is 0.0635. The summed E-state index contributed by atoms with van der Waals surface area (Å²) >= 11 is 0. The van der Waals surface area contributed by atoms with Crippen LogP contribution in [0.1, 0.15) is 42.9 Å². The van der Waals surface area contributed by atoms with Crippen LogP contribution in [0.4, 0.5) is 11.4 Å². The number of hydrogen-bond donors (Lipinski definition) is 2. The van der Waals surface area contributed by atoms with Crippen molar-refractivity contribution in [1.82, 2.24) is 0 Å². The third kappa shape index (κ3) is 4.57. The van der Waals surface area contributed by atoms with Crippen molar-refractivity contribution in [2.24, 2.45) is 0 Å². The molecular weight excluding hydrogens is 468 g/mol. The molecule has 2 N–H and O–H groups in total. The molecule has 0 fully saturated rings. The van der Waals surface area contributed by atoms with Gasteiger partial charge in [-0.2, -0.15) is 0 Å². The van der Waals surface area contributed by atoms with Crippen LogP contribution in [0, 0.1) is 0 Å². The number of carbonyl (C=O) groups is 1. The van der Waals surface area contributed by atoms with Gasteiger partial charge >= 0.3 is 0 Å². The van der Waals surface area contributed by atoms with E-state index in [4.69, 9.17) is 18.9 Å². The van der Waals surface area contributed by atoms with Gasteiger partial charge in [-0.3, -0.25) is 4.79 Å². The Labute approximate surface area is 217 Å². The molecule has 0 saturated heterocycles. The van der Waals surface area contributed by atoms with Gasteiger partial charge in [0.1, 0.15) is 11.5 Å². The molecule has 1 heterocycles. The van der Waals surface area contributed by atoms with Crippen molar-refractivity contribution in [1.29, 1.82) is 0 Å². The van der Waals surface area contributed by atoms with E-state index < -0.39 is 6.04 Å². The van der Waals surface area contributed by atoms with Gasteiger partial charge in [0.25, 0.3) is 0 Å². The number of Topliss-reactive ketones (excluding diaryl/α,β-unsaturated/α-hetero) is 1. The minimum atomic E-state index is -0.413. The molecule has 1 aliphatic carbocycles. The third-order valence-corrected chi connectivity index (χ3v) is 7.01. The van der Waals surface area contributed by atoms with E-state index in [0.29, 0.717) is 36.5 Å². The fraction of sp³-hybridized carbons (Fsp3) is 0.300. The number of fused-ring (bicyclic) bond motifs is 1. The zero-order chi connectivity index (χ0) is 25.9. The molecule has 2 atom stereocenters. The molecule has 192 valence electrons. The van der Waals surface area contributed by atoms with Gasteiger partial charge in [-0.25, -0.2) is 0 Å². The van der Waals surface area contributed by atoms with Crippen LogP contribution < -0.4 is 29.6 Å². The Morgan fingerprint density at radius 1 is 0.838 bits per heavy atom. The SMILES string of the molecule is CCOc1c(OC)cccc1C1Nc2ccccc2NC2=C1C(=O)CC(c1cc(OC)ccc1OC)C2. The lowest BCUT2D eigenvalue weighted by Crippen LogP contribution is -2.27. The van der Waals surface area contributed by atoms with Crippen LogP contribution in [-0.4, -0.2) is 33.7 Å². The molecule has 7 nitrogen and oxygen atoms in total. The molecule has 0 spiro atoms. The Balaban J connectivity index is 1.65. The Morgan fingerprint density at radius 3 is 2.35 bits per heavy atom. The molecule has 1 aliphatic heterocycles. The number of para-hydroxylation sites is 3. The maximum absolute atomic E-state index is 14.0. The summed E-state index contributed by atoms with van der Waals surface area (Å²) in [5.74, 6) is 2.76. The van der Waals surface area contributed by atoms with Crippen LogP contribution in [0.2, 0.25) is 0 Å². The Hall–Kier alpha value is -4.13. The summed E-state index contributed by atoms with van der Waals surface area (Å²) in [6.45, 7) is 2.42. The van der Waals surface area contributed by atoms with Gasteiger partial charge in [-0.05, 0) is 49.7 Å². The number of methoxy groups -OCH3 is 3. The number of ether oxygens (including phenoxy) is 4. The summed E-state index contributed by atoms with van der Waals surface area (Å²) in [6, 6.07) is 19.1. The van der Waals surface area contributed by atoms with E-state index in [9.17, 15) is 4.79 Å². The van der Waals surface area contributed by atoms with Crippen LogP contribution in [-0.2, 0) is 4.79 Å². The number of hydrogen-bond acceptors (Lipinski definition) is 7. The summed E-state index contributed by atoms with van der Waals surface area (Å²) in [5, 5.41) is 7.22. The first-order valence-corrected chi connectivity index (χ1v) is 12.5. The smallest absolute Gasteiger partial charge is 0.166 e. The summed E-state index contributed by atoms with van der Waals surface area (Å²) in [6.07, 6.45) is 0.998. The summed E-state index contributed by atoms with van der Waals surface area (Å²) in [4.78, 5) is 14.0. The second kappa shape index (κ2) is 10.5. The first-order valence-electron chi connectivity index (χ1n) is 12.5. The molecule has 3 aromatic carbocycles. The normalized spacial score (nSPS) is 18.5. The highest BCUT2D eigenvalue weighted by atomic mass is 16.5. The second-order valence-corrected chi connectivity index (χ2v) is 9.09. The molecule has 3 aromatic rings. The predicted octanol–water partition coefficient (Wildman–Crippen LogP) is 6.09. The largest absolute Gasteiger partial charge is 0.497 e. The van der Waals surface area contributed by atoms with Gasteiger partial charge in [0.05, 0.1) is 45.4 Å². The average molecular weight is 501 g/mol. The van der Waals surface area contributed by atoms with Gasteiger partial charge in [-0.1, -0.05) is 24.3 Å². The van der Waals surface area contributed by atoms with Crippen LogP contribution in [0.25, 0.3) is 0 Å². The zero-order valence-electron chi connectivity index (χ0n) is 21.6. The maximum Gasteiger partial charge on any atom is 0.166 e. The van der Waals surface area contributed by atoms with E-state index in [-0.39, 0.29) is 11.7 Å². The van der Waals surface area contributed by atoms with Crippen LogP contribution >= 0.6 is 0 Å². The summed E-state index contributed by atoms with van der Waals surface area (Å²) in [5.41, 5.74) is 5.25. The van der Waals surface area contributed by atoms with Crippen molar-refractivity contribution in [3.05, 3.63) is 83.1 Å². The van der Waals surface area contributed by atoms with E-state index >= 15 is 0 Å². The highest BCUT2D eigenvalue weighted by Gasteiger charge is 2.38. The predicted molar refractivity (Wildman–Crippen MR) is 144 cm³/mol. The lowest BCUT2D eigenvalue weighted by Gasteiger charge is -2.31. The lowest BCUT2D eigenvalue weighted by molar-refractivity contribution is -0.116. The minimum Gasteiger partial charge on any atom is -0.497 e. The van der Waals surface area contributed by atoms with E-state index in [1.807, 2.05) is 67.6 Å². The van der Waals surface area contributed by atoms with Crippen LogP contribution in [0.15, 0.2) is 71.9 Å². The fourth-order valence-corrected chi connectivity index (χ4v) is 5.32. The molecule has 7 heteroatoms. The van der Waals surface area contributed by atoms with Crippen molar-refractivity contribution in [2.45, 2.75) is 31.7 Å². The number of ketones is 1. The van der Waals surface area contributed by atoms with Crippen LogP contribution in [0.3, 0.4) is 0 Å². The Bertz CT molecular complexity index is 1350. The van der Waals surface area contributed by atoms with Crippen molar-refractivity contribution in [3.63, 3.8) is 0 Å². The standard InChI is InChI=1S/C30H32N2O5/c1-5-37-30-20(9-8-12-27(30)36-4)29-28-24(31-22-10-6-7-11-23(22)32-29)15-18(16-25(28)33)21-17-19(34-2)13-14-26(21)35-3/h6-14,17-18,29,31-32H,5,15-16H2,1-4H3. The van der Waals surface area contributed by atoms with E-state index in [1.54, 1.807) is 21.3 Å². The van der Waals surface area contributed by atoms with Crippen molar-refractivity contribution in [2.75, 3.05) is 38.6 Å². The van der Waals surface area contributed by atoms with Gasteiger partial charge in [0, 0.05) is 34.7 Å². The molecule has 5 rings (SSSR count). The van der Waals surface area contributed by atoms with Gasteiger partial charge in [-0.15, -0.1) is 0 Å². The number of benzene rings is 3. The van der Waals surface area contributed by atoms with Crippen molar-refractivity contribution in [3.8, 4) is 23.0 Å². The highest BCUT2D eigenvalue weighted by Crippen LogP contribution is 2.48. The maximum atomic E-state index is 14.0. The fourth-order valence-electron chi connectivity index (χ4n) is 5.32. The number of carbonyl (C=O) groups excluding carboxylic acids is 1. The molecule has 2 unspecified atom stereocenters. The number of nitrogens with one attached hydrogen (secondary N) is 2. The summed E-state index contributed by atoms with van der Waals surface area (Å²) in [7, 11) is 4.92. The van der Waals surface area contributed by atoms with Gasteiger partial charge < -0.3 is 29.6 Å². The molecule has 0 radical (unpaired) electrons.